The van der Waals surface area contributed by atoms with Gasteiger partial charge >= 0.3 is 0 Å². The predicted molar refractivity (Wildman–Crippen MR) is 106 cm³/mol. The summed E-state index contributed by atoms with van der Waals surface area (Å²) >= 11 is 0. The highest BCUT2D eigenvalue weighted by Gasteiger charge is 2.29. The lowest BCUT2D eigenvalue weighted by molar-refractivity contribution is 0.258. The Morgan fingerprint density at radius 3 is 2.46 bits per heavy atom. The summed E-state index contributed by atoms with van der Waals surface area (Å²) in [6, 6.07) is 24.7. The molecule has 0 heterocycles. The molecule has 26 heavy (non-hydrogen) atoms. The van der Waals surface area contributed by atoms with Crippen LogP contribution in [0, 0.1) is 5.82 Å². The number of benzene rings is 3. The van der Waals surface area contributed by atoms with Crippen molar-refractivity contribution < 1.29 is 4.39 Å². The molecule has 3 aromatic rings. The van der Waals surface area contributed by atoms with Gasteiger partial charge in [-0.1, -0.05) is 66.7 Å². The quantitative estimate of drug-likeness (QED) is 0.606. The molecule has 0 amide bonds. The van der Waals surface area contributed by atoms with Gasteiger partial charge in [-0.25, -0.2) is 4.39 Å². The van der Waals surface area contributed by atoms with E-state index in [4.69, 9.17) is 0 Å². The summed E-state index contributed by atoms with van der Waals surface area (Å²) in [6.07, 6.45) is 2.18. The van der Waals surface area contributed by atoms with Crippen molar-refractivity contribution in [1.82, 2.24) is 4.90 Å². The summed E-state index contributed by atoms with van der Waals surface area (Å²) in [5.41, 5.74) is 5.73. The lowest BCUT2D eigenvalue weighted by atomic mass is 9.76. The van der Waals surface area contributed by atoms with Crippen LogP contribution in [-0.4, -0.2) is 25.0 Å². The van der Waals surface area contributed by atoms with E-state index in [1.165, 1.54) is 22.8 Å². The number of hydrogen-bond acceptors (Lipinski definition) is 1. The molecule has 0 aliphatic heterocycles. The van der Waals surface area contributed by atoms with Crippen LogP contribution >= 0.6 is 0 Å². The first kappa shape index (κ1) is 17.0. The van der Waals surface area contributed by atoms with Crippen molar-refractivity contribution in [3.8, 4) is 11.1 Å². The van der Waals surface area contributed by atoms with E-state index in [2.05, 4.69) is 61.5 Å². The lowest BCUT2D eigenvalue weighted by Gasteiger charge is -2.35. The third-order valence-corrected chi connectivity index (χ3v) is 5.60. The van der Waals surface area contributed by atoms with Crippen LogP contribution in [0.2, 0.25) is 0 Å². The van der Waals surface area contributed by atoms with Gasteiger partial charge in [-0.2, -0.15) is 0 Å². The van der Waals surface area contributed by atoms with Crippen LogP contribution in [0.3, 0.4) is 0 Å². The van der Waals surface area contributed by atoms with E-state index in [0.29, 0.717) is 17.5 Å². The zero-order valence-corrected chi connectivity index (χ0v) is 15.3. The molecule has 0 fully saturated rings. The van der Waals surface area contributed by atoms with Gasteiger partial charge in [0.25, 0.3) is 0 Å². The molecule has 0 bridgehead atoms. The van der Waals surface area contributed by atoms with Crippen LogP contribution in [0.5, 0.6) is 0 Å². The first-order valence-corrected chi connectivity index (χ1v) is 9.22. The summed E-state index contributed by atoms with van der Waals surface area (Å²) in [7, 11) is 4.32. The Hall–Kier alpha value is -2.45. The third kappa shape index (κ3) is 3.17. The molecule has 1 aliphatic carbocycles. The molecule has 0 saturated carbocycles. The minimum atomic E-state index is -0.167. The van der Waals surface area contributed by atoms with Gasteiger partial charge in [0.15, 0.2) is 0 Å². The highest BCUT2D eigenvalue weighted by molar-refractivity contribution is 5.65. The van der Waals surface area contributed by atoms with Crippen LogP contribution in [0.15, 0.2) is 72.8 Å². The molecule has 2 atom stereocenters. The summed E-state index contributed by atoms with van der Waals surface area (Å²) in [5.74, 6) is 0.180. The van der Waals surface area contributed by atoms with Crippen molar-refractivity contribution in [3.63, 3.8) is 0 Å². The molecular weight excluding hydrogens is 321 g/mol. The molecule has 1 nitrogen and oxygen atoms in total. The van der Waals surface area contributed by atoms with E-state index in [9.17, 15) is 4.39 Å². The van der Waals surface area contributed by atoms with Crippen molar-refractivity contribution in [2.24, 2.45) is 0 Å². The number of hydrogen-bond donors (Lipinski definition) is 0. The zero-order valence-electron chi connectivity index (χ0n) is 15.3. The molecule has 0 radical (unpaired) electrons. The van der Waals surface area contributed by atoms with E-state index in [-0.39, 0.29) is 5.82 Å². The minimum Gasteiger partial charge on any atom is -0.306 e. The fraction of sp³-hybridized carbons (Fsp3) is 0.250. The molecular formula is C24H24FN. The van der Waals surface area contributed by atoms with E-state index < -0.39 is 0 Å². The maximum atomic E-state index is 14.2. The lowest BCUT2D eigenvalue weighted by Crippen LogP contribution is -2.35. The topological polar surface area (TPSA) is 3.24 Å². The van der Waals surface area contributed by atoms with Crippen molar-refractivity contribution in [1.29, 1.82) is 0 Å². The van der Waals surface area contributed by atoms with Crippen LogP contribution in [-0.2, 0) is 6.42 Å². The van der Waals surface area contributed by atoms with Crippen molar-refractivity contribution in [2.45, 2.75) is 24.8 Å². The van der Waals surface area contributed by atoms with E-state index in [1.807, 2.05) is 18.2 Å². The Morgan fingerprint density at radius 2 is 1.65 bits per heavy atom. The minimum absolute atomic E-state index is 0.167. The monoisotopic (exact) mass is 345 g/mol. The highest BCUT2D eigenvalue weighted by atomic mass is 19.1. The molecule has 3 aromatic carbocycles. The van der Waals surface area contributed by atoms with E-state index in [0.717, 1.165) is 18.4 Å². The van der Waals surface area contributed by atoms with Crippen LogP contribution < -0.4 is 0 Å². The van der Waals surface area contributed by atoms with Crippen LogP contribution in [0.25, 0.3) is 11.1 Å². The second kappa shape index (κ2) is 7.05. The second-order valence-electron chi connectivity index (χ2n) is 7.41. The summed E-state index contributed by atoms with van der Waals surface area (Å²) < 4.78 is 14.2. The Labute approximate surface area is 155 Å². The molecule has 0 N–H and O–H groups in total. The van der Waals surface area contributed by atoms with E-state index >= 15 is 0 Å². The van der Waals surface area contributed by atoms with Gasteiger partial charge < -0.3 is 4.90 Å². The largest absolute Gasteiger partial charge is 0.306 e. The maximum absolute atomic E-state index is 14.2. The van der Waals surface area contributed by atoms with Crippen LogP contribution in [0.1, 0.15) is 29.0 Å². The average molecular weight is 345 g/mol. The smallest absolute Gasteiger partial charge is 0.131 e. The van der Waals surface area contributed by atoms with Crippen LogP contribution in [0.4, 0.5) is 4.39 Å². The Bertz CT molecular complexity index is 915. The van der Waals surface area contributed by atoms with Gasteiger partial charge in [-0.3, -0.25) is 0 Å². The number of fused-ring (bicyclic) bond motifs is 1. The fourth-order valence-corrected chi connectivity index (χ4v) is 4.12. The Kier molecular flexibility index (Phi) is 4.60. The number of rotatable bonds is 3. The van der Waals surface area contributed by atoms with E-state index in [1.54, 1.807) is 6.07 Å². The molecule has 1 aliphatic rings. The molecule has 2 heteroatoms. The summed E-state index contributed by atoms with van der Waals surface area (Å²) in [6.45, 7) is 0. The van der Waals surface area contributed by atoms with Gasteiger partial charge in [-0.15, -0.1) is 0 Å². The van der Waals surface area contributed by atoms with Crippen molar-refractivity contribution in [3.05, 3.63) is 95.3 Å². The summed E-state index contributed by atoms with van der Waals surface area (Å²) in [4.78, 5) is 2.32. The van der Waals surface area contributed by atoms with Gasteiger partial charge in [0, 0.05) is 17.5 Å². The molecule has 132 valence electrons. The molecule has 4 rings (SSSR count). The van der Waals surface area contributed by atoms with Gasteiger partial charge in [0.05, 0.1) is 0 Å². The molecule has 0 unspecified atom stereocenters. The number of halogens is 1. The van der Waals surface area contributed by atoms with Crippen molar-refractivity contribution >= 4 is 0 Å². The Balaban J connectivity index is 1.78. The molecule has 0 saturated heterocycles. The molecule has 0 spiro atoms. The number of nitrogens with zero attached hydrogens (tertiary/aromatic N) is 1. The second-order valence-corrected chi connectivity index (χ2v) is 7.41. The maximum Gasteiger partial charge on any atom is 0.131 e. The normalized spacial score (nSPS) is 19.4. The first-order chi connectivity index (χ1) is 12.6. The standard InChI is InChI=1S/C24H24FN/c1-26(2)20-15-19-8-3-4-11-21(19)23(16-20)18-10-7-9-17(14-18)22-12-5-6-13-24(22)25/h3-14,20,23H,15-16H2,1-2H3/t20-,23+/m0/s1. The predicted octanol–water partition coefficient (Wildman–Crippen LogP) is 5.50. The van der Waals surface area contributed by atoms with Gasteiger partial charge in [0.1, 0.15) is 5.82 Å². The third-order valence-electron chi connectivity index (χ3n) is 5.60. The van der Waals surface area contributed by atoms with Gasteiger partial charge in [-0.05, 0) is 55.3 Å². The first-order valence-electron chi connectivity index (χ1n) is 9.22. The molecule has 0 aromatic heterocycles. The summed E-state index contributed by atoms with van der Waals surface area (Å²) in [5, 5.41) is 0. The average Bonchev–Trinajstić information content (AvgIpc) is 2.67. The number of likely N-dealkylation sites (N-methyl/N-ethyl adjacent to an activating group) is 1. The Morgan fingerprint density at radius 1 is 0.885 bits per heavy atom. The fourth-order valence-electron chi connectivity index (χ4n) is 4.12. The SMILES string of the molecule is CN(C)[C@H]1Cc2ccccc2[C@@H](c2cccc(-c3ccccc3F)c2)C1. The van der Waals surface area contributed by atoms with Gasteiger partial charge in [0.2, 0.25) is 0 Å². The zero-order chi connectivity index (χ0) is 18.1. The van der Waals surface area contributed by atoms with Crippen molar-refractivity contribution in [2.75, 3.05) is 14.1 Å². The highest BCUT2D eigenvalue weighted by Crippen LogP contribution is 2.39.